The van der Waals surface area contributed by atoms with E-state index >= 15 is 0 Å². The van der Waals surface area contributed by atoms with Crippen molar-refractivity contribution in [2.45, 2.75) is 44.8 Å². The Labute approximate surface area is 105 Å². The van der Waals surface area contributed by atoms with Gasteiger partial charge in [0.25, 0.3) is 0 Å². The van der Waals surface area contributed by atoms with Gasteiger partial charge in [0.05, 0.1) is 0 Å². The lowest BCUT2D eigenvalue weighted by atomic mass is 9.83. The third-order valence-electron chi connectivity index (χ3n) is 4.13. The Kier molecular flexibility index (Phi) is 3.85. The van der Waals surface area contributed by atoms with E-state index in [1.807, 2.05) is 0 Å². The fourth-order valence-electron chi connectivity index (χ4n) is 2.91. The van der Waals surface area contributed by atoms with Gasteiger partial charge in [-0.25, -0.2) is 0 Å². The lowest BCUT2D eigenvalue weighted by molar-refractivity contribution is 0.142. The third kappa shape index (κ3) is 2.38. The summed E-state index contributed by atoms with van der Waals surface area (Å²) in [5.41, 5.74) is 3.00. The summed E-state index contributed by atoms with van der Waals surface area (Å²) in [5, 5.41) is 3.50. The van der Waals surface area contributed by atoms with E-state index in [9.17, 15) is 0 Å². The summed E-state index contributed by atoms with van der Waals surface area (Å²) in [4.78, 5) is 2.50. The van der Waals surface area contributed by atoms with Crippen LogP contribution in [-0.4, -0.2) is 31.1 Å². The summed E-state index contributed by atoms with van der Waals surface area (Å²) < 4.78 is 0. The molecule has 2 atom stereocenters. The summed E-state index contributed by atoms with van der Waals surface area (Å²) in [6, 6.07) is 10.5. The molecule has 1 N–H and O–H groups in total. The standard InChI is InChI=1S/C15H24N2/c1-11(2)17(4)14-10-9-12-7-5-6-8-13(12)15(14)16-3/h5-8,11,14-16H,9-10H2,1-4H3. The molecule has 0 radical (unpaired) electrons. The van der Waals surface area contributed by atoms with Gasteiger partial charge in [0.1, 0.15) is 0 Å². The number of hydrogen-bond donors (Lipinski definition) is 1. The van der Waals surface area contributed by atoms with Crippen LogP contribution in [0.2, 0.25) is 0 Å². The van der Waals surface area contributed by atoms with Crippen molar-refractivity contribution in [3.05, 3.63) is 35.4 Å². The smallest absolute Gasteiger partial charge is 0.0478 e. The molecule has 1 aliphatic carbocycles. The van der Waals surface area contributed by atoms with Gasteiger partial charge in [-0.05, 0) is 51.9 Å². The van der Waals surface area contributed by atoms with Crippen molar-refractivity contribution in [2.75, 3.05) is 14.1 Å². The van der Waals surface area contributed by atoms with Gasteiger partial charge in [-0.15, -0.1) is 0 Å². The zero-order valence-electron chi connectivity index (χ0n) is 11.4. The van der Waals surface area contributed by atoms with Gasteiger partial charge in [0, 0.05) is 18.1 Å². The first-order chi connectivity index (χ1) is 8.15. The van der Waals surface area contributed by atoms with E-state index in [1.165, 1.54) is 24.0 Å². The first kappa shape index (κ1) is 12.6. The molecule has 0 spiro atoms. The van der Waals surface area contributed by atoms with Crippen molar-refractivity contribution in [3.8, 4) is 0 Å². The molecule has 0 saturated carbocycles. The second-order valence-electron chi connectivity index (χ2n) is 5.33. The van der Waals surface area contributed by atoms with E-state index in [2.05, 4.69) is 62.4 Å². The first-order valence-corrected chi connectivity index (χ1v) is 6.62. The maximum atomic E-state index is 3.50. The van der Waals surface area contributed by atoms with Crippen LogP contribution in [0.5, 0.6) is 0 Å². The molecule has 0 aromatic heterocycles. The Bertz CT molecular complexity index is 373. The number of benzene rings is 1. The molecule has 17 heavy (non-hydrogen) atoms. The fraction of sp³-hybridized carbons (Fsp3) is 0.600. The molecule has 2 heteroatoms. The molecule has 1 aromatic carbocycles. The van der Waals surface area contributed by atoms with E-state index in [4.69, 9.17) is 0 Å². The van der Waals surface area contributed by atoms with Crippen LogP contribution in [0.4, 0.5) is 0 Å². The molecule has 0 amide bonds. The first-order valence-electron chi connectivity index (χ1n) is 6.62. The number of nitrogens with one attached hydrogen (secondary N) is 1. The Balaban J connectivity index is 2.29. The number of rotatable bonds is 3. The molecule has 0 bridgehead atoms. The summed E-state index contributed by atoms with van der Waals surface area (Å²) in [6.07, 6.45) is 2.45. The highest BCUT2D eigenvalue weighted by molar-refractivity contribution is 5.33. The lowest BCUT2D eigenvalue weighted by Crippen LogP contribution is -2.47. The highest BCUT2D eigenvalue weighted by Crippen LogP contribution is 2.32. The van der Waals surface area contributed by atoms with Crippen LogP contribution in [0.1, 0.15) is 37.4 Å². The average Bonchev–Trinajstić information content (AvgIpc) is 2.36. The number of hydrogen-bond acceptors (Lipinski definition) is 2. The monoisotopic (exact) mass is 232 g/mol. The highest BCUT2D eigenvalue weighted by Gasteiger charge is 2.31. The van der Waals surface area contributed by atoms with Gasteiger partial charge in [-0.1, -0.05) is 24.3 Å². The third-order valence-corrected chi connectivity index (χ3v) is 4.13. The topological polar surface area (TPSA) is 15.3 Å². The van der Waals surface area contributed by atoms with E-state index in [0.717, 1.165) is 0 Å². The van der Waals surface area contributed by atoms with Crippen LogP contribution in [0.3, 0.4) is 0 Å². The molecule has 0 saturated heterocycles. The lowest BCUT2D eigenvalue weighted by Gasteiger charge is -2.41. The minimum atomic E-state index is 0.465. The molecular formula is C15H24N2. The normalized spacial score (nSPS) is 24.1. The summed E-state index contributed by atoms with van der Waals surface area (Å²) >= 11 is 0. The highest BCUT2D eigenvalue weighted by atomic mass is 15.2. The molecule has 1 aliphatic rings. The Morgan fingerprint density at radius 3 is 2.65 bits per heavy atom. The summed E-state index contributed by atoms with van der Waals surface area (Å²) in [5.74, 6) is 0. The van der Waals surface area contributed by atoms with Gasteiger partial charge in [0.15, 0.2) is 0 Å². The summed E-state index contributed by atoms with van der Waals surface area (Å²) in [6.45, 7) is 4.54. The van der Waals surface area contributed by atoms with Gasteiger partial charge in [-0.3, -0.25) is 4.90 Å². The van der Waals surface area contributed by atoms with Crippen LogP contribution in [0.25, 0.3) is 0 Å². The summed E-state index contributed by atoms with van der Waals surface area (Å²) in [7, 11) is 4.32. The van der Waals surface area contributed by atoms with Crippen molar-refractivity contribution in [2.24, 2.45) is 0 Å². The van der Waals surface area contributed by atoms with Crippen molar-refractivity contribution >= 4 is 0 Å². The SMILES string of the molecule is CNC1c2ccccc2CCC1N(C)C(C)C. The number of nitrogens with zero attached hydrogens (tertiary/aromatic N) is 1. The molecule has 0 fully saturated rings. The van der Waals surface area contributed by atoms with Crippen LogP contribution < -0.4 is 5.32 Å². The molecule has 0 aliphatic heterocycles. The quantitative estimate of drug-likeness (QED) is 0.862. The molecule has 94 valence electrons. The van der Waals surface area contributed by atoms with Crippen LogP contribution in [0.15, 0.2) is 24.3 Å². The van der Waals surface area contributed by atoms with Gasteiger partial charge in [-0.2, -0.15) is 0 Å². The maximum absolute atomic E-state index is 3.50. The van der Waals surface area contributed by atoms with Gasteiger partial charge < -0.3 is 5.32 Å². The molecular weight excluding hydrogens is 208 g/mol. The average molecular weight is 232 g/mol. The van der Waals surface area contributed by atoms with Crippen LogP contribution in [-0.2, 0) is 6.42 Å². The Hall–Kier alpha value is -0.860. The van der Waals surface area contributed by atoms with Crippen molar-refractivity contribution in [3.63, 3.8) is 0 Å². The predicted octanol–water partition coefficient (Wildman–Crippen LogP) is 2.60. The van der Waals surface area contributed by atoms with Gasteiger partial charge in [0.2, 0.25) is 0 Å². The molecule has 0 heterocycles. The molecule has 2 nitrogen and oxygen atoms in total. The van der Waals surface area contributed by atoms with E-state index in [1.54, 1.807) is 0 Å². The van der Waals surface area contributed by atoms with E-state index in [0.29, 0.717) is 18.1 Å². The van der Waals surface area contributed by atoms with Crippen molar-refractivity contribution in [1.29, 1.82) is 0 Å². The Morgan fingerprint density at radius 2 is 2.00 bits per heavy atom. The van der Waals surface area contributed by atoms with E-state index in [-0.39, 0.29) is 0 Å². The predicted molar refractivity (Wildman–Crippen MR) is 73.3 cm³/mol. The zero-order chi connectivity index (χ0) is 12.4. The van der Waals surface area contributed by atoms with Crippen molar-refractivity contribution < 1.29 is 0 Å². The Morgan fingerprint density at radius 1 is 1.29 bits per heavy atom. The second kappa shape index (κ2) is 5.19. The number of aryl methyl sites for hydroxylation is 1. The van der Waals surface area contributed by atoms with Crippen LogP contribution in [0, 0.1) is 0 Å². The maximum Gasteiger partial charge on any atom is 0.0478 e. The molecule has 2 unspecified atom stereocenters. The van der Waals surface area contributed by atoms with Crippen molar-refractivity contribution in [1.82, 2.24) is 10.2 Å². The second-order valence-corrected chi connectivity index (χ2v) is 5.33. The fourth-order valence-corrected chi connectivity index (χ4v) is 2.91. The molecule has 2 rings (SSSR count). The van der Waals surface area contributed by atoms with Gasteiger partial charge >= 0.3 is 0 Å². The number of fused-ring (bicyclic) bond motifs is 1. The minimum absolute atomic E-state index is 0.465. The molecule has 1 aromatic rings. The number of likely N-dealkylation sites (N-methyl/N-ethyl adjacent to an activating group) is 2. The minimum Gasteiger partial charge on any atom is -0.312 e. The van der Waals surface area contributed by atoms with Crippen LogP contribution >= 0.6 is 0 Å². The zero-order valence-corrected chi connectivity index (χ0v) is 11.4. The van der Waals surface area contributed by atoms with E-state index < -0.39 is 0 Å². The largest absolute Gasteiger partial charge is 0.312 e.